The van der Waals surface area contributed by atoms with Crippen LogP contribution in [0.4, 0.5) is 0 Å². The van der Waals surface area contributed by atoms with Crippen molar-refractivity contribution < 1.29 is 4.79 Å². The van der Waals surface area contributed by atoms with E-state index in [-0.39, 0.29) is 11.3 Å². The van der Waals surface area contributed by atoms with Gasteiger partial charge in [0.05, 0.1) is 5.41 Å². The van der Waals surface area contributed by atoms with E-state index in [9.17, 15) is 4.79 Å². The van der Waals surface area contributed by atoms with E-state index in [1.165, 1.54) is 0 Å². The van der Waals surface area contributed by atoms with Crippen LogP contribution in [0.25, 0.3) is 0 Å². The predicted molar refractivity (Wildman–Crippen MR) is 52.1 cm³/mol. The summed E-state index contributed by atoms with van der Waals surface area (Å²) in [6.07, 6.45) is 0. The first-order valence-corrected chi connectivity index (χ1v) is 4.66. The maximum absolute atomic E-state index is 11.4. The zero-order valence-electron chi connectivity index (χ0n) is 7.11. The summed E-state index contributed by atoms with van der Waals surface area (Å²) >= 11 is 3.18. The Balaban J connectivity index is 2.33. The molecule has 1 saturated heterocycles. The minimum Gasteiger partial charge on any atom is -0.351 e. The van der Waals surface area contributed by atoms with E-state index >= 15 is 0 Å². The number of nitrogens with one attached hydrogen (secondary N) is 2. The van der Waals surface area contributed by atoms with Gasteiger partial charge in [-0.3, -0.25) is 4.79 Å². The highest BCUT2D eigenvalue weighted by Gasteiger charge is 2.38. The average molecular weight is 233 g/mol. The minimum atomic E-state index is -0.206. The smallest absolute Gasteiger partial charge is 0.228 e. The Kier molecular flexibility index (Phi) is 2.90. The Morgan fingerprint density at radius 3 is 2.67 bits per heavy atom. The molecule has 2 N–H and O–H groups in total. The average Bonchev–Trinajstić information content (AvgIpc) is 1.95. The van der Waals surface area contributed by atoms with Crippen molar-refractivity contribution in [2.45, 2.75) is 6.92 Å². The minimum absolute atomic E-state index is 0.0989. The highest BCUT2D eigenvalue weighted by atomic mass is 79.9. The molecule has 0 saturated carbocycles. The van der Waals surface area contributed by atoms with Crippen LogP contribution in [0, 0.1) is 5.41 Å². The fourth-order valence-corrected chi connectivity index (χ4v) is 1.19. The van der Waals surface area contributed by atoms with Gasteiger partial charge < -0.3 is 10.6 Å². The molecular weight excluding hydrogens is 220 g/mol. The van der Waals surface area contributed by atoms with Crippen LogP contribution >= 0.6 is 15.9 Å². The highest BCUT2D eigenvalue weighted by Crippen LogP contribution is 2.21. The quantitative estimate of drug-likeness (QED) is 0.750. The van der Waals surface area contributed by atoms with E-state index in [1.807, 2.05) is 6.92 Å². The van der Waals surface area contributed by atoms with Gasteiger partial charge in [-0.15, -0.1) is 0 Å². The van der Waals surface area contributed by atoms with Crippen molar-refractivity contribution in [3.8, 4) is 0 Å². The summed E-state index contributed by atoms with van der Waals surface area (Å²) in [5.74, 6) is 0.0989. The molecule has 0 bridgehead atoms. The van der Waals surface area contributed by atoms with Crippen molar-refractivity contribution in [3.05, 3.63) is 11.1 Å². The van der Waals surface area contributed by atoms with Gasteiger partial charge in [-0.05, 0) is 6.92 Å². The zero-order valence-corrected chi connectivity index (χ0v) is 8.70. The van der Waals surface area contributed by atoms with Gasteiger partial charge in [-0.25, -0.2) is 0 Å². The van der Waals surface area contributed by atoms with Gasteiger partial charge in [0.1, 0.15) is 0 Å². The van der Waals surface area contributed by atoms with Gasteiger partial charge in [0.25, 0.3) is 0 Å². The van der Waals surface area contributed by atoms with Crippen LogP contribution in [0.3, 0.4) is 0 Å². The number of carbonyl (C=O) groups excluding carboxylic acids is 1. The number of amides is 1. The van der Waals surface area contributed by atoms with Gasteiger partial charge in [0, 0.05) is 24.1 Å². The second-order valence-corrected chi connectivity index (χ2v) is 4.49. The normalized spacial score (nSPS) is 19.5. The third-order valence-electron chi connectivity index (χ3n) is 2.02. The number of halogens is 1. The van der Waals surface area contributed by atoms with Crippen molar-refractivity contribution in [3.63, 3.8) is 0 Å². The van der Waals surface area contributed by atoms with Gasteiger partial charge in [-0.2, -0.15) is 0 Å². The van der Waals surface area contributed by atoms with Gasteiger partial charge in [0.2, 0.25) is 5.91 Å². The molecule has 0 radical (unpaired) electrons. The van der Waals surface area contributed by atoms with Crippen molar-refractivity contribution in [1.82, 2.24) is 10.6 Å². The molecule has 0 unspecified atom stereocenters. The largest absolute Gasteiger partial charge is 0.351 e. The van der Waals surface area contributed by atoms with E-state index in [0.29, 0.717) is 6.54 Å². The van der Waals surface area contributed by atoms with Crippen molar-refractivity contribution in [2.75, 3.05) is 19.6 Å². The second-order valence-electron chi connectivity index (χ2n) is 3.36. The summed E-state index contributed by atoms with van der Waals surface area (Å²) in [5.41, 5.74) is -0.206. The number of rotatable bonds is 3. The fourth-order valence-electron chi connectivity index (χ4n) is 1.05. The van der Waals surface area contributed by atoms with Gasteiger partial charge >= 0.3 is 0 Å². The Bertz CT molecular complexity index is 211. The lowest BCUT2D eigenvalue weighted by molar-refractivity contribution is -0.132. The van der Waals surface area contributed by atoms with Crippen LogP contribution in [0.15, 0.2) is 11.1 Å². The van der Waals surface area contributed by atoms with E-state index in [2.05, 4.69) is 33.1 Å². The third kappa shape index (κ3) is 2.08. The standard InChI is InChI=1S/C8H13BrN2O/c1-6(9)3-11-7(12)8(2)4-10-5-8/h10H,1,3-5H2,2H3,(H,11,12). The molecule has 0 aromatic heterocycles. The molecule has 1 amide bonds. The van der Waals surface area contributed by atoms with Crippen LogP contribution in [0.2, 0.25) is 0 Å². The van der Waals surface area contributed by atoms with E-state index in [0.717, 1.165) is 17.6 Å². The van der Waals surface area contributed by atoms with Crippen molar-refractivity contribution in [1.29, 1.82) is 0 Å². The first-order valence-electron chi connectivity index (χ1n) is 3.87. The Morgan fingerprint density at radius 1 is 1.75 bits per heavy atom. The maximum Gasteiger partial charge on any atom is 0.228 e. The highest BCUT2D eigenvalue weighted by molar-refractivity contribution is 9.11. The second kappa shape index (κ2) is 3.58. The molecule has 4 heteroatoms. The molecule has 0 atom stereocenters. The Hall–Kier alpha value is -0.350. The fraction of sp³-hybridized carbons (Fsp3) is 0.625. The number of carbonyl (C=O) groups is 1. The zero-order chi connectivity index (χ0) is 9.19. The van der Waals surface area contributed by atoms with Gasteiger partial charge in [-0.1, -0.05) is 22.5 Å². The molecular formula is C8H13BrN2O. The molecule has 1 fully saturated rings. The number of hydrogen-bond donors (Lipinski definition) is 2. The maximum atomic E-state index is 11.4. The summed E-state index contributed by atoms with van der Waals surface area (Å²) in [6.45, 7) is 7.64. The molecule has 3 nitrogen and oxygen atoms in total. The Morgan fingerprint density at radius 2 is 2.33 bits per heavy atom. The molecule has 1 rings (SSSR count). The molecule has 12 heavy (non-hydrogen) atoms. The molecule has 1 heterocycles. The lowest BCUT2D eigenvalue weighted by Gasteiger charge is -2.37. The summed E-state index contributed by atoms with van der Waals surface area (Å²) < 4.78 is 0.798. The molecule has 1 aliphatic heterocycles. The van der Waals surface area contributed by atoms with E-state index in [4.69, 9.17) is 0 Å². The van der Waals surface area contributed by atoms with Crippen molar-refractivity contribution in [2.24, 2.45) is 5.41 Å². The van der Waals surface area contributed by atoms with Crippen molar-refractivity contribution >= 4 is 21.8 Å². The van der Waals surface area contributed by atoms with Gasteiger partial charge in [0.15, 0.2) is 0 Å². The molecule has 68 valence electrons. The van der Waals surface area contributed by atoms with E-state index in [1.54, 1.807) is 0 Å². The SMILES string of the molecule is C=C(Br)CNC(=O)C1(C)CNC1. The topological polar surface area (TPSA) is 41.1 Å². The number of hydrogen-bond acceptors (Lipinski definition) is 2. The van der Waals surface area contributed by atoms with Crippen LogP contribution < -0.4 is 10.6 Å². The van der Waals surface area contributed by atoms with Crippen LogP contribution in [0.5, 0.6) is 0 Å². The molecule has 0 aliphatic carbocycles. The molecule has 0 spiro atoms. The monoisotopic (exact) mass is 232 g/mol. The summed E-state index contributed by atoms with van der Waals surface area (Å²) in [6, 6.07) is 0. The first kappa shape index (κ1) is 9.74. The van der Waals surface area contributed by atoms with E-state index < -0.39 is 0 Å². The first-order chi connectivity index (χ1) is 5.54. The Labute approximate surface area is 80.7 Å². The summed E-state index contributed by atoms with van der Waals surface area (Å²) in [4.78, 5) is 11.4. The lowest BCUT2D eigenvalue weighted by Crippen LogP contribution is -2.59. The predicted octanol–water partition coefficient (Wildman–Crippen LogP) is 0.621. The molecule has 0 aromatic rings. The van der Waals surface area contributed by atoms with Crippen LogP contribution in [-0.4, -0.2) is 25.5 Å². The summed E-state index contributed by atoms with van der Waals surface area (Å²) in [5, 5.41) is 5.87. The third-order valence-corrected chi connectivity index (χ3v) is 2.30. The molecule has 0 aromatic carbocycles. The molecule has 1 aliphatic rings. The van der Waals surface area contributed by atoms with Crippen LogP contribution in [-0.2, 0) is 4.79 Å². The lowest BCUT2D eigenvalue weighted by atomic mass is 9.83. The summed E-state index contributed by atoms with van der Waals surface area (Å²) in [7, 11) is 0. The van der Waals surface area contributed by atoms with Crippen LogP contribution in [0.1, 0.15) is 6.92 Å².